The van der Waals surface area contributed by atoms with Crippen molar-refractivity contribution in [3.8, 4) is 0 Å². The fourth-order valence-corrected chi connectivity index (χ4v) is 3.68. The van der Waals surface area contributed by atoms with Gasteiger partial charge in [0.1, 0.15) is 0 Å². The average molecular weight is 376 g/mol. The van der Waals surface area contributed by atoms with Gasteiger partial charge in [0.15, 0.2) is 0 Å². The van der Waals surface area contributed by atoms with Crippen molar-refractivity contribution >= 4 is 22.8 Å². The molecule has 1 saturated heterocycles. The molecule has 144 valence electrons. The van der Waals surface area contributed by atoms with Gasteiger partial charge in [0, 0.05) is 38.2 Å². The number of aromatic amines is 1. The Hall–Kier alpha value is -3.15. The Balaban J connectivity index is 1.35. The van der Waals surface area contributed by atoms with E-state index in [1.165, 1.54) is 5.56 Å². The molecule has 0 saturated carbocycles. The van der Waals surface area contributed by atoms with Gasteiger partial charge in [-0.25, -0.2) is 4.98 Å². The maximum absolute atomic E-state index is 12.9. The van der Waals surface area contributed by atoms with Gasteiger partial charge in [-0.05, 0) is 36.6 Å². The first-order chi connectivity index (χ1) is 13.7. The molecule has 6 nitrogen and oxygen atoms in total. The standard InChI is InChI=1S/C22H24N4O2/c27-21(10-7-17-5-2-1-3-6-17)25-11-4-12-26(14-13-25)22(28)18-8-9-19-20(15-18)24-16-23-19/h1-3,5-6,8-9,15-16H,4,7,10-14H2,(H,23,24). The summed E-state index contributed by atoms with van der Waals surface area (Å²) in [5.74, 6) is 0.173. The molecule has 0 spiro atoms. The highest BCUT2D eigenvalue weighted by Crippen LogP contribution is 2.15. The quantitative estimate of drug-likeness (QED) is 0.761. The Morgan fingerprint density at radius 2 is 1.75 bits per heavy atom. The zero-order valence-corrected chi connectivity index (χ0v) is 15.8. The van der Waals surface area contributed by atoms with E-state index in [-0.39, 0.29) is 11.8 Å². The van der Waals surface area contributed by atoms with E-state index in [9.17, 15) is 9.59 Å². The number of nitrogens with one attached hydrogen (secondary N) is 1. The van der Waals surface area contributed by atoms with E-state index < -0.39 is 0 Å². The lowest BCUT2D eigenvalue weighted by Gasteiger charge is -2.22. The number of aromatic nitrogens is 2. The van der Waals surface area contributed by atoms with Gasteiger partial charge < -0.3 is 14.8 Å². The molecule has 2 amide bonds. The molecule has 2 heterocycles. The molecule has 28 heavy (non-hydrogen) atoms. The van der Waals surface area contributed by atoms with Crippen molar-refractivity contribution in [2.24, 2.45) is 0 Å². The Bertz CT molecular complexity index is 967. The average Bonchev–Trinajstić information content (AvgIpc) is 3.07. The highest BCUT2D eigenvalue weighted by Gasteiger charge is 2.23. The molecule has 6 heteroatoms. The molecule has 3 aromatic rings. The van der Waals surface area contributed by atoms with Crippen LogP contribution in [0.1, 0.15) is 28.8 Å². The van der Waals surface area contributed by atoms with Gasteiger partial charge in [-0.2, -0.15) is 0 Å². The minimum Gasteiger partial charge on any atom is -0.345 e. The summed E-state index contributed by atoms with van der Waals surface area (Å²) in [7, 11) is 0. The second kappa shape index (κ2) is 8.25. The van der Waals surface area contributed by atoms with E-state index in [4.69, 9.17) is 0 Å². The fraction of sp³-hybridized carbons (Fsp3) is 0.318. The van der Waals surface area contributed by atoms with Crippen molar-refractivity contribution in [2.75, 3.05) is 26.2 Å². The van der Waals surface area contributed by atoms with Gasteiger partial charge in [0.05, 0.1) is 17.4 Å². The molecule has 4 rings (SSSR count). The lowest BCUT2D eigenvalue weighted by molar-refractivity contribution is -0.131. The lowest BCUT2D eigenvalue weighted by Crippen LogP contribution is -2.37. The van der Waals surface area contributed by atoms with Gasteiger partial charge in [-0.1, -0.05) is 30.3 Å². The number of amides is 2. The third-order valence-electron chi connectivity index (χ3n) is 5.27. The Kier molecular flexibility index (Phi) is 5.37. The Morgan fingerprint density at radius 1 is 0.964 bits per heavy atom. The summed E-state index contributed by atoms with van der Waals surface area (Å²) in [6.45, 7) is 2.53. The maximum atomic E-state index is 12.9. The fourth-order valence-electron chi connectivity index (χ4n) is 3.68. The van der Waals surface area contributed by atoms with Crippen molar-refractivity contribution in [1.29, 1.82) is 0 Å². The number of nitrogens with zero attached hydrogens (tertiary/aromatic N) is 3. The second-order valence-electron chi connectivity index (χ2n) is 7.15. The summed E-state index contributed by atoms with van der Waals surface area (Å²) in [6.07, 6.45) is 3.69. The Labute approximate surface area is 164 Å². The molecule has 0 radical (unpaired) electrons. The molecule has 0 unspecified atom stereocenters. The summed E-state index contributed by atoms with van der Waals surface area (Å²) in [5.41, 5.74) is 3.54. The number of H-pyrrole nitrogens is 1. The first kappa shape index (κ1) is 18.2. The van der Waals surface area contributed by atoms with Gasteiger partial charge in [-0.15, -0.1) is 0 Å². The summed E-state index contributed by atoms with van der Waals surface area (Å²) in [4.78, 5) is 36.5. The van der Waals surface area contributed by atoms with Crippen LogP contribution in [0.25, 0.3) is 11.0 Å². The van der Waals surface area contributed by atoms with Crippen LogP contribution in [0.2, 0.25) is 0 Å². The third-order valence-corrected chi connectivity index (χ3v) is 5.27. The van der Waals surface area contributed by atoms with Crippen LogP contribution in [0.5, 0.6) is 0 Å². The number of aryl methyl sites for hydroxylation is 1. The second-order valence-corrected chi connectivity index (χ2v) is 7.15. The van der Waals surface area contributed by atoms with Crippen molar-refractivity contribution in [3.05, 3.63) is 66.0 Å². The number of imidazole rings is 1. The number of hydrogen-bond acceptors (Lipinski definition) is 3. The zero-order valence-electron chi connectivity index (χ0n) is 15.8. The van der Waals surface area contributed by atoms with E-state index in [2.05, 4.69) is 9.97 Å². The molecular formula is C22H24N4O2. The molecule has 1 aliphatic heterocycles. The van der Waals surface area contributed by atoms with Crippen molar-refractivity contribution in [1.82, 2.24) is 19.8 Å². The molecule has 1 fully saturated rings. The largest absolute Gasteiger partial charge is 0.345 e. The minimum absolute atomic E-state index is 0.00934. The van der Waals surface area contributed by atoms with Gasteiger partial charge in [0.25, 0.3) is 5.91 Å². The molecule has 1 aliphatic rings. The van der Waals surface area contributed by atoms with Crippen LogP contribution in [0.15, 0.2) is 54.9 Å². The zero-order chi connectivity index (χ0) is 19.3. The first-order valence-electron chi connectivity index (χ1n) is 9.75. The number of rotatable bonds is 4. The molecule has 0 atom stereocenters. The highest BCUT2D eigenvalue weighted by molar-refractivity contribution is 5.97. The highest BCUT2D eigenvalue weighted by atomic mass is 16.2. The van der Waals surface area contributed by atoms with E-state index in [1.807, 2.05) is 58.3 Å². The van der Waals surface area contributed by atoms with Crippen LogP contribution in [0.4, 0.5) is 0 Å². The molecule has 1 N–H and O–H groups in total. The molecule has 0 bridgehead atoms. The number of hydrogen-bond donors (Lipinski definition) is 1. The summed E-state index contributed by atoms with van der Waals surface area (Å²) in [5, 5.41) is 0. The van der Waals surface area contributed by atoms with Crippen molar-refractivity contribution in [2.45, 2.75) is 19.3 Å². The monoisotopic (exact) mass is 376 g/mol. The Morgan fingerprint density at radius 3 is 2.61 bits per heavy atom. The number of carbonyl (C=O) groups is 2. The number of benzene rings is 2. The predicted octanol–water partition coefficient (Wildman–Crippen LogP) is 2.87. The number of fused-ring (bicyclic) bond motifs is 1. The van der Waals surface area contributed by atoms with E-state index in [0.29, 0.717) is 38.2 Å². The van der Waals surface area contributed by atoms with Crippen LogP contribution in [-0.4, -0.2) is 57.8 Å². The van der Waals surface area contributed by atoms with Crippen molar-refractivity contribution in [3.63, 3.8) is 0 Å². The third kappa shape index (κ3) is 4.06. The SMILES string of the molecule is O=C(CCc1ccccc1)N1CCCN(C(=O)c2ccc3nc[nH]c3c2)CC1. The summed E-state index contributed by atoms with van der Waals surface area (Å²) < 4.78 is 0. The van der Waals surface area contributed by atoms with Gasteiger partial charge >= 0.3 is 0 Å². The van der Waals surface area contributed by atoms with Gasteiger partial charge in [0.2, 0.25) is 5.91 Å². The molecule has 1 aromatic heterocycles. The lowest BCUT2D eigenvalue weighted by atomic mass is 10.1. The van der Waals surface area contributed by atoms with E-state index in [0.717, 1.165) is 23.9 Å². The van der Waals surface area contributed by atoms with E-state index in [1.54, 1.807) is 6.33 Å². The minimum atomic E-state index is 0.00934. The van der Waals surface area contributed by atoms with Crippen LogP contribution < -0.4 is 0 Å². The topological polar surface area (TPSA) is 69.3 Å². The van der Waals surface area contributed by atoms with E-state index >= 15 is 0 Å². The smallest absolute Gasteiger partial charge is 0.253 e. The number of carbonyl (C=O) groups excluding carboxylic acids is 2. The normalized spacial score (nSPS) is 14.9. The molecule has 0 aliphatic carbocycles. The summed E-state index contributed by atoms with van der Waals surface area (Å²) in [6, 6.07) is 15.6. The van der Waals surface area contributed by atoms with Crippen LogP contribution in [0.3, 0.4) is 0 Å². The van der Waals surface area contributed by atoms with Crippen LogP contribution >= 0.6 is 0 Å². The predicted molar refractivity (Wildman–Crippen MR) is 108 cm³/mol. The van der Waals surface area contributed by atoms with Crippen LogP contribution in [-0.2, 0) is 11.2 Å². The first-order valence-corrected chi connectivity index (χ1v) is 9.75. The maximum Gasteiger partial charge on any atom is 0.253 e. The van der Waals surface area contributed by atoms with Crippen molar-refractivity contribution < 1.29 is 9.59 Å². The van der Waals surface area contributed by atoms with Crippen LogP contribution in [0, 0.1) is 0 Å². The molecular weight excluding hydrogens is 352 g/mol. The summed E-state index contributed by atoms with van der Waals surface area (Å²) >= 11 is 0. The molecule has 2 aromatic carbocycles. The van der Waals surface area contributed by atoms with Gasteiger partial charge in [-0.3, -0.25) is 9.59 Å².